The van der Waals surface area contributed by atoms with Gasteiger partial charge in [-0.1, -0.05) is 44.2 Å². The van der Waals surface area contributed by atoms with Crippen molar-refractivity contribution in [3.8, 4) is 0 Å². The lowest BCUT2D eigenvalue weighted by Gasteiger charge is -2.27. The van der Waals surface area contributed by atoms with Crippen molar-refractivity contribution in [1.82, 2.24) is 16.0 Å². The fraction of sp³-hybridized carbons (Fsp3) is 0.542. The third-order valence-corrected chi connectivity index (χ3v) is 6.07. The first-order valence-corrected chi connectivity index (χ1v) is 13.1. The first-order chi connectivity index (χ1) is 17.0. The molecule has 0 saturated heterocycles. The number of nitrogens with one attached hydrogen (secondary N) is 3. The molecule has 0 radical (unpaired) electrons. The molecule has 11 nitrogen and oxygen atoms in total. The molecule has 4 unspecified atom stereocenters. The summed E-state index contributed by atoms with van der Waals surface area (Å²) in [5.41, 5.74) is 11.6. The van der Waals surface area contributed by atoms with Crippen LogP contribution in [-0.4, -0.2) is 70.9 Å². The van der Waals surface area contributed by atoms with E-state index in [0.717, 1.165) is 5.56 Å². The standard InChI is InChI=1S/C24H37N5O6S/c1-14(2)20(29-21(31)16(25)9-10-19(26)30)23(33)27-17(11-12-36-3)22(32)28-18(24(34)35)13-15-7-5-4-6-8-15/h4-8,14,16-18,20H,9-13,25H2,1-3H3,(H2,26,30)(H,27,33)(H,28,32)(H,29,31)(H,34,35). The Balaban J connectivity index is 2.92. The van der Waals surface area contributed by atoms with Crippen molar-refractivity contribution in [1.29, 1.82) is 0 Å². The van der Waals surface area contributed by atoms with Gasteiger partial charge in [0.25, 0.3) is 0 Å². The highest BCUT2D eigenvalue weighted by Crippen LogP contribution is 2.09. The smallest absolute Gasteiger partial charge is 0.326 e. The summed E-state index contributed by atoms with van der Waals surface area (Å²) in [7, 11) is 0. The summed E-state index contributed by atoms with van der Waals surface area (Å²) in [6, 6.07) is 4.66. The van der Waals surface area contributed by atoms with Gasteiger partial charge in [0.2, 0.25) is 23.6 Å². The normalized spacial score (nSPS) is 14.2. The van der Waals surface area contributed by atoms with Crippen LogP contribution in [0.1, 0.15) is 38.7 Å². The maximum absolute atomic E-state index is 13.1. The topological polar surface area (TPSA) is 194 Å². The number of benzene rings is 1. The third kappa shape index (κ3) is 11.1. The lowest BCUT2D eigenvalue weighted by atomic mass is 10.0. The van der Waals surface area contributed by atoms with Gasteiger partial charge >= 0.3 is 5.97 Å². The summed E-state index contributed by atoms with van der Waals surface area (Å²) in [5, 5.41) is 17.4. The van der Waals surface area contributed by atoms with E-state index in [0.29, 0.717) is 5.75 Å². The number of hydrogen-bond donors (Lipinski definition) is 6. The molecular weight excluding hydrogens is 486 g/mol. The van der Waals surface area contributed by atoms with E-state index in [1.54, 1.807) is 44.2 Å². The van der Waals surface area contributed by atoms with E-state index in [2.05, 4.69) is 16.0 Å². The molecule has 1 aromatic carbocycles. The Labute approximate surface area is 215 Å². The minimum Gasteiger partial charge on any atom is -0.480 e. The number of amides is 4. The van der Waals surface area contributed by atoms with E-state index in [1.807, 2.05) is 6.26 Å². The zero-order chi connectivity index (χ0) is 27.3. The van der Waals surface area contributed by atoms with Crippen molar-refractivity contribution in [3.63, 3.8) is 0 Å². The number of nitrogens with two attached hydrogens (primary N) is 2. The summed E-state index contributed by atoms with van der Waals surface area (Å²) in [5.74, 6) is -3.45. The third-order valence-electron chi connectivity index (χ3n) is 5.43. The van der Waals surface area contributed by atoms with Crippen LogP contribution in [0.5, 0.6) is 0 Å². The van der Waals surface area contributed by atoms with Gasteiger partial charge < -0.3 is 32.5 Å². The molecule has 200 valence electrons. The molecule has 1 aromatic rings. The first kappa shape index (κ1) is 30.9. The number of rotatable bonds is 16. The highest BCUT2D eigenvalue weighted by atomic mass is 32.2. The molecule has 0 aliphatic heterocycles. The minimum absolute atomic E-state index is 0.0321. The van der Waals surface area contributed by atoms with Gasteiger partial charge in [0, 0.05) is 12.8 Å². The number of thioether (sulfide) groups is 1. The number of carboxylic acids is 1. The van der Waals surface area contributed by atoms with Gasteiger partial charge in [-0.2, -0.15) is 11.8 Å². The van der Waals surface area contributed by atoms with Crippen LogP contribution in [-0.2, 0) is 30.4 Å². The monoisotopic (exact) mass is 523 g/mol. The maximum atomic E-state index is 13.1. The van der Waals surface area contributed by atoms with Crippen LogP contribution < -0.4 is 27.4 Å². The zero-order valence-corrected chi connectivity index (χ0v) is 21.7. The predicted octanol–water partition coefficient (Wildman–Crippen LogP) is -0.230. The SMILES string of the molecule is CSCCC(NC(=O)C(NC(=O)C(N)CCC(N)=O)C(C)C)C(=O)NC(Cc1ccccc1)C(=O)O. The van der Waals surface area contributed by atoms with Crippen molar-refractivity contribution in [2.24, 2.45) is 17.4 Å². The number of carbonyl (C=O) groups excluding carboxylic acids is 4. The Morgan fingerprint density at radius 2 is 1.53 bits per heavy atom. The summed E-state index contributed by atoms with van der Waals surface area (Å²) < 4.78 is 0. The molecule has 0 saturated carbocycles. The van der Waals surface area contributed by atoms with Crippen molar-refractivity contribution >= 4 is 41.4 Å². The number of carbonyl (C=O) groups is 5. The quantitative estimate of drug-likeness (QED) is 0.171. The Morgan fingerprint density at radius 3 is 2.06 bits per heavy atom. The van der Waals surface area contributed by atoms with Crippen LogP contribution in [0, 0.1) is 5.92 Å². The van der Waals surface area contributed by atoms with Crippen LogP contribution in [0.2, 0.25) is 0 Å². The molecule has 8 N–H and O–H groups in total. The molecule has 4 atom stereocenters. The zero-order valence-electron chi connectivity index (χ0n) is 20.9. The van der Waals surface area contributed by atoms with E-state index in [4.69, 9.17) is 11.5 Å². The summed E-state index contributed by atoms with van der Waals surface area (Å²) in [4.78, 5) is 61.2. The molecule has 0 fully saturated rings. The van der Waals surface area contributed by atoms with E-state index in [1.165, 1.54) is 11.8 Å². The molecular formula is C24H37N5O6S. The van der Waals surface area contributed by atoms with Gasteiger partial charge in [0.15, 0.2) is 0 Å². The first-order valence-electron chi connectivity index (χ1n) is 11.7. The summed E-state index contributed by atoms with van der Waals surface area (Å²) >= 11 is 1.47. The Hall–Kier alpha value is -3.12. The van der Waals surface area contributed by atoms with Crippen LogP contribution >= 0.6 is 11.8 Å². The van der Waals surface area contributed by atoms with Crippen LogP contribution in [0.25, 0.3) is 0 Å². The average Bonchev–Trinajstić information content (AvgIpc) is 2.82. The van der Waals surface area contributed by atoms with Crippen molar-refractivity contribution < 1.29 is 29.1 Å². The van der Waals surface area contributed by atoms with Crippen LogP contribution in [0.4, 0.5) is 0 Å². The van der Waals surface area contributed by atoms with Crippen molar-refractivity contribution in [2.45, 2.75) is 63.7 Å². The van der Waals surface area contributed by atoms with Gasteiger partial charge in [-0.3, -0.25) is 19.2 Å². The number of hydrogen-bond acceptors (Lipinski definition) is 7. The second kappa shape index (κ2) is 15.8. The van der Waals surface area contributed by atoms with E-state index in [9.17, 15) is 29.1 Å². The van der Waals surface area contributed by atoms with E-state index < -0.39 is 53.8 Å². The van der Waals surface area contributed by atoms with Crippen molar-refractivity contribution in [2.75, 3.05) is 12.0 Å². The molecule has 0 aliphatic rings. The Bertz CT molecular complexity index is 898. The molecule has 0 heterocycles. The molecule has 12 heteroatoms. The summed E-state index contributed by atoms with van der Waals surface area (Å²) in [6.07, 6.45) is 2.14. The highest BCUT2D eigenvalue weighted by molar-refractivity contribution is 7.98. The molecule has 4 amide bonds. The van der Waals surface area contributed by atoms with Gasteiger partial charge in [0.1, 0.15) is 18.1 Å². The fourth-order valence-corrected chi connectivity index (χ4v) is 3.78. The van der Waals surface area contributed by atoms with Crippen molar-refractivity contribution in [3.05, 3.63) is 35.9 Å². The Kier molecular flexibility index (Phi) is 13.6. The molecule has 1 rings (SSSR count). The number of carboxylic acid groups (broad SMARTS) is 1. The van der Waals surface area contributed by atoms with Gasteiger partial charge in [0.05, 0.1) is 6.04 Å². The molecule has 36 heavy (non-hydrogen) atoms. The fourth-order valence-electron chi connectivity index (χ4n) is 3.31. The summed E-state index contributed by atoms with van der Waals surface area (Å²) in [6.45, 7) is 3.44. The molecule has 0 aliphatic carbocycles. The second-order valence-electron chi connectivity index (χ2n) is 8.77. The van der Waals surface area contributed by atoms with Gasteiger partial charge in [-0.05, 0) is 36.3 Å². The van der Waals surface area contributed by atoms with E-state index >= 15 is 0 Å². The highest BCUT2D eigenvalue weighted by Gasteiger charge is 2.31. The lowest BCUT2D eigenvalue weighted by Crippen LogP contribution is -2.58. The largest absolute Gasteiger partial charge is 0.480 e. The van der Waals surface area contributed by atoms with Crippen LogP contribution in [0.15, 0.2) is 30.3 Å². The average molecular weight is 524 g/mol. The maximum Gasteiger partial charge on any atom is 0.326 e. The van der Waals surface area contributed by atoms with Gasteiger partial charge in [-0.15, -0.1) is 0 Å². The Morgan fingerprint density at radius 1 is 0.917 bits per heavy atom. The van der Waals surface area contributed by atoms with E-state index in [-0.39, 0.29) is 31.6 Å². The predicted molar refractivity (Wildman–Crippen MR) is 138 cm³/mol. The molecule has 0 bridgehead atoms. The van der Waals surface area contributed by atoms with Crippen LogP contribution in [0.3, 0.4) is 0 Å². The number of aliphatic carboxylic acids is 1. The molecule has 0 aromatic heterocycles. The minimum atomic E-state index is -1.19. The second-order valence-corrected chi connectivity index (χ2v) is 9.76. The number of primary amides is 1. The molecule has 0 spiro atoms. The van der Waals surface area contributed by atoms with Gasteiger partial charge in [-0.25, -0.2) is 4.79 Å². The lowest BCUT2D eigenvalue weighted by molar-refractivity contribution is -0.142.